The van der Waals surface area contributed by atoms with E-state index in [0.29, 0.717) is 13.0 Å². The van der Waals surface area contributed by atoms with Gasteiger partial charge in [-0.25, -0.2) is 0 Å². The van der Waals surface area contributed by atoms with Crippen LogP contribution in [-0.4, -0.2) is 23.2 Å². The summed E-state index contributed by atoms with van der Waals surface area (Å²) in [6.45, 7) is 1.82. The van der Waals surface area contributed by atoms with E-state index < -0.39 is 16.6 Å². The van der Waals surface area contributed by atoms with Gasteiger partial charge in [-0.15, -0.1) is 0 Å². The van der Waals surface area contributed by atoms with Gasteiger partial charge in [0, 0.05) is 6.92 Å². The first-order valence-electron chi connectivity index (χ1n) is 3.69. The van der Waals surface area contributed by atoms with Crippen LogP contribution in [0.4, 0.5) is 0 Å². The smallest absolute Gasteiger partial charge is 0.305 e. The average Bonchev–Trinajstić information content (AvgIpc) is 1.92. The van der Waals surface area contributed by atoms with Crippen LogP contribution in [0.15, 0.2) is 0 Å². The summed E-state index contributed by atoms with van der Waals surface area (Å²) in [5.74, 6) is -0.437. The first kappa shape index (κ1) is 10.1. The van der Waals surface area contributed by atoms with Crippen molar-refractivity contribution >= 4 is 29.2 Å². The number of ether oxygens (including phenoxy) is 2. The van der Waals surface area contributed by atoms with Crippen LogP contribution in [0.1, 0.15) is 19.8 Å². The van der Waals surface area contributed by atoms with E-state index >= 15 is 0 Å². The lowest BCUT2D eigenvalue weighted by atomic mass is 10.2. The van der Waals surface area contributed by atoms with E-state index in [9.17, 15) is 4.79 Å². The van der Waals surface area contributed by atoms with Crippen LogP contribution in [0.2, 0.25) is 0 Å². The molecule has 5 heteroatoms. The van der Waals surface area contributed by atoms with Crippen molar-refractivity contribution in [2.24, 2.45) is 0 Å². The molecule has 1 fully saturated rings. The molecule has 0 aromatic heterocycles. The van der Waals surface area contributed by atoms with Crippen molar-refractivity contribution in [3.05, 3.63) is 0 Å². The molecule has 0 radical (unpaired) electrons. The van der Waals surface area contributed by atoms with Gasteiger partial charge in [0.2, 0.25) is 6.29 Å². The molecule has 0 unspecified atom stereocenters. The summed E-state index contributed by atoms with van der Waals surface area (Å²) in [4.78, 5) is 10.6. The number of carbonyl (C=O) groups is 1. The summed E-state index contributed by atoms with van der Waals surface area (Å²) in [5.41, 5.74) is 0. The maximum Gasteiger partial charge on any atom is 0.305 e. The van der Waals surface area contributed by atoms with E-state index in [1.807, 2.05) is 0 Å². The van der Waals surface area contributed by atoms with Gasteiger partial charge in [0.25, 0.3) is 0 Å². The monoisotopic (exact) mass is 212 g/mol. The molecule has 1 saturated heterocycles. The van der Waals surface area contributed by atoms with Crippen LogP contribution < -0.4 is 0 Å². The van der Waals surface area contributed by atoms with Crippen molar-refractivity contribution in [3.8, 4) is 0 Å². The van der Waals surface area contributed by atoms with Crippen molar-refractivity contribution in [2.75, 3.05) is 6.61 Å². The van der Waals surface area contributed by atoms with Gasteiger partial charge in [0.05, 0.1) is 6.61 Å². The number of alkyl halides is 2. The van der Waals surface area contributed by atoms with Gasteiger partial charge in [-0.05, 0) is 12.8 Å². The number of rotatable bonds is 1. The van der Waals surface area contributed by atoms with Crippen LogP contribution in [-0.2, 0) is 14.3 Å². The Morgan fingerprint density at radius 2 is 2.33 bits per heavy atom. The molecular formula is C7H10Cl2O3. The Hall–Kier alpha value is 0.01000. The summed E-state index contributed by atoms with van der Waals surface area (Å²) in [5, 5.41) is 0. The third-order valence-electron chi connectivity index (χ3n) is 1.54. The lowest BCUT2D eigenvalue weighted by Crippen LogP contribution is -2.41. The van der Waals surface area contributed by atoms with Crippen LogP contribution in [0.25, 0.3) is 0 Å². The minimum absolute atomic E-state index is 0.437. The quantitative estimate of drug-likeness (QED) is 0.492. The van der Waals surface area contributed by atoms with Crippen LogP contribution >= 0.6 is 23.2 Å². The normalized spacial score (nSPS) is 28.1. The highest BCUT2D eigenvalue weighted by molar-refractivity contribution is 6.48. The second-order valence-electron chi connectivity index (χ2n) is 2.68. The minimum Gasteiger partial charge on any atom is -0.433 e. The highest BCUT2D eigenvalue weighted by atomic mass is 35.5. The first-order chi connectivity index (χ1) is 5.52. The molecule has 1 heterocycles. The largest absolute Gasteiger partial charge is 0.433 e. The molecule has 3 nitrogen and oxygen atoms in total. The van der Waals surface area contributed by atoms with Gasteiger partial charge in [0.15, 0.2) is 4.33 Å². The molecule has 70 valence electrons. The number of hydrogen-bond donors (Lipinski definition) is 0. The van der Waals surface area contributed by atoms with E-state index in [2.05, 4.69) is 0 Å². The summed E-state index contributed by atoms with van der Waals surface area (Å²) in [6.07, 6.45) is 0.533. The standard InChI is InChI=1S/C7H10Cl2O3/c1-5(10)12-6-7(8,9)3-2-4-11-6/h6H,2-4H2,1H3/t6-/m1/s1. The predicted octanol–water partition coefficient (Wildman–Crippen LogP) is 1.86. The third-order valence-corrected chi connectivity index (χ3v) is 2.28. The fourth-order valence-corrected chi connectivity index (χ4v) is 1.49. The van der Waals surface area contributed by atoms with E-state index in [1.165, 1.54) is 6.92 Å². The maximum absolute atomic E-state index is 10.6. The van der Waals surface area contributed by atoms with Crippen molar-refractivity contribution in [3.63, 3.8) is 0 Å². The summed E-state index contributed by atoms with van der Waals surface area (Å²) < 4.78 is 8.79. The molecule has 1 atom stereocenters. The third kappa shape index (κ3) is 2.51. The molecule has 0 aliphatic carbocycles. The first-order valence-corrected chi connectivity index (χ1v) is 4.44. The fraction of sp³-hybridized carbons (Fsp3) is 0.857. The highest BCUT2D eigenvalue weighted by Gasteiger charge is 2.40. The van der Waals surface area contributed by atoms with Crippen LogP contribution in [0.3, 0.4) is 0 Å². The van der Waals surface area contributed by atoms with Gasteiger partial charge in [-0.2, -0.15) is 0 Å². The second kappa shape index (κ2) is 3.81. The molecule has 1 rings (SSSR count). The van der Waals surface area contributed by atoms with Crippen molar-refractivity contribution < 1.29 is 14.3 Å². The molecule has 0 N–H and O–H groups in total. The Morgan fingerprint density at radius 1 is 1.67 bits per heavy atom. The van der Waals surface area contributed by atoms with Gasteiger partial charge in [-0.3, -0.25) is 4.79 Å². The van der Waals surface area contributed by atoms with Gasteiger partial charge in [-0.1, -0.05) is 23.2 Å². The predicted molar refractivity (Wildman–Crippen MR) is 45.2 cm³/mol. The number of carbonyl (C=O) groups excluding carboxylic acids is 1. The van der Waals surface area contributed by atoms with Crippen molar-refractivity contribution in [2.45, 2.75) is 30.4 Å². The van der Waals surface area contributed by atoms with Gasteiger partial charge < -0.3 is 9.47 Å². The van der Waals surface area contributed by atoms with E-state index in [-0.39, 0.29) is 0 Å². The molecule has 12 heavy (non-hydrogen) atoms. The van der Waals surface area contributed by atoms with Crippen molar-refractivity contribution in [1.29, 1.82) is 0 Å². The Labute approximate surface area is 80.9 Å². The second-order valence-corrected chi connectivity index (χ2v) is 4.22. The zero-order chi connectivity index (χ0) is 9.19. The number of esters is 1. The minimum atomic E-state index is -1.09. The van der Waals surface area contributed by atoms with E-state index in [0.717, 1.165) is 6.42 Å². The Morgan fingerprint density at radius 3 is 2.83 bits per heavy atom. The maximum atomic E-state index is 10.6. The number of halogens is 2. The SMILES string of the molecule is CC(=O)O[C@H]1OCCCC1(Cl)Cl. The molecule has 1 aliphatic rings. The summed E-state index contributed by atoms with van der Waals surface area (Å²) >= 11 is 11.7. The Kier molecular flexibility index (Phi) is 3.21. The summed E-state index contributed by atoms with van der Waals surface area (Å²) in [6, 6.07) is 0. The molecule has 0 amide bonds. The number of hydrogen-bond acceptors (Lipinski definition) is 3. The molecule has 0 spiro atoms. The molecule has 0 saturated carbocycles. The highest BCUT2D eigenvalue weighted by Crippen LogP contribution is 2.36. The summed E-state index contributed by atoms with van der Waals surface area (Å²) in [7, 11) is 0. The van der Waals surface area contributed by atoms with Gasteiger partial charge in [0.1, 0.15) is 0 Å². The molecule has 0 aromatic rings. The Balaban J connectivity index is 2.54. The zero-order valence-electron chi connectivity index (χ0n) is 6.68. The van der Waals surface area contributed by atoms with Crippen LogP contribution in [0.5, 0.6) is 0 Å². The molecule has 0 bridgehead atoms. The molecule has 1 aliphatic heterocycles. The Bertz CT molecular complexity index is 181. The topological polar surface area (TPSA) is 35.5 Å². The fourth-order valence-electron chi connectivity index (χ4n) is 1.01. The van der Waals surface area contributed by atoms with Gasteiger partial charge >= 0.3 is 5.97 Å². The lowest BCUT2D eigenvalue weighted by molar-refractivity contribution is -0.186. The average molecular weight is 213 g/mol. The zero-order valence-corrected chi connectivity index (χ0v) is 8.19. The van der Waals surface area contributed by atoms with Crippen molar-refractivity contribution in [1.82, 2.24) is 0 Å². The molecule has 0 aromatic carbocycles. The molecular weight excluding hydrogens is 203 g/mol. The lowest BCUT2D eigenvalue weighted by Gasteiger charge is -2.32. The van der Waals surface area contributed by atoms with Crippen LogP contribution in [0, 0.1) is 0 Å². The van der Waals surface area contributed by atoms with E-state index in [1.54, 1.807) is 0 Å². The van der Waals surface area contributed by atoms with E-state index in [4.69, 9.17) is 32.7 Å².